The zero-order chi connectivity index (χ0) is 17.4. The molecule has 2 amide bonds. The Kier molecular flexibility index (Phi) is 5.96. The number of hydrogen-bond donors (Lipinski definition) is 3. The van der Waals surface area contributed by atoms with Gasteiger partial charge in [0.15, 0.2) is 0 Å². The Labute approximate surface area is 140 Å². The van der Waals surface area contributed by atoms with E-state index < -0.39 is 5.91 Å². The lowest BCUT2D eigenvalue weighted by molar-refractivity contribution is -0.114. The van der Waals surface area contributed by atoms with Gasteiger partial charge in [-0.1, -0.05) is 24.8 Å². The smallest absolute Gasteiger partial charge is 0.248 e. The molecular formula is C18H19N3O3. The van der Waals surface area contributed by atoms with Crippen molar-refractivity contribution in [3.63, 3.8) is 0 Å². The van der Waals surface area contributed by atoms with Crippen molar-refractivity contribution < 1.29 is 14.3 Å². The monoisotopic (exact) mass is 325 g/mol. The van der Waals surface area contributed by atoms with Gasteiger partial charge in [0.1, 0.15) is 12.4 Å². The summed E-state index contributed by atoms with van der Waals surface area (Å²) in [4.78, 5) is 23.1. The number of ether oxygens (including phenoxy) is 1. The lowest BCUT2D eigenvalue weighted by Crippen LogP contribution is -2.22. The van der Waals surface area contributed by atoms with E-state index in [1.807, 2.05) is 0 Å². The molecule has 2 aromatic carbocycles. The van der Waals surface area contributed by atoms with Crippen LogP contribution in [0.1, 0.15) is 10.4 Å². The van der Waals surface area contributed by atoms with E-state index in [1.54, 1.807) is 54.6 Å². The number of amides is 2. The van der Waals surface area contributed by atoms with Crippen LogP contribution < -0.4 is 21.1 Å². The van der Waals surface area contributed by atoms with Crippen LogP contribution in [0.15, 0.2) is 61.2 Å². The van der Waals surface area contributed by atoms with Gasteiger partial charge in [-0.2, -0.15) is 0 Å². The molecule has 124 valence electrons. The van der Waals surface area contributed by atoms with Gasteiger partial charge in [-0.05, 0) is 30.3 Å². The largest absolute Gasteiger partial charge is 0.489 e. The van der Waals surface area contributed by atoms with Gasteiger partial charge < -0.3 is 21.1 Å². The fraction of sp³-hybridized carbons (Fsp3) is 0.111. The minimum Gasteiger partial charge on any atom is -0.489 e. The second-order valence-electron chi connectivity index (χ2n) is 4.97. The molecule has 0 spiro atoms. The van der Waals surface area contributed by atoms with Crippen LogP contribution in [0.25, 0.3) is 0 Å². The number of rotatable bonds is 8. The van der Waals surface area contributed by atoms with Gasteiger partial charge in [0.25, 0.3) is 0 Å². The van der Waals surface area contributed by atoms with Crippen LogP contribution in [-0.2, 0) is 4.79 Å². The summed E-state index contributed by atoms with van der Waals surface area (Å²) in [6.07, 6.45) is 1.65. The Morgan fingerprint density at radius 1 is 1.12 bits per heavy atom. The summed E-state index contributed by atoms with van der Waals surface area (Å²) >= 11 is 0. The summed E-state index contributed by atoms with van der Waals surface area (Å²) in [5, 5.41) is 5.71. The van der Waals surface area contributed by atoms with E-state index >= 15 is 0 Å². The molecule has 0 aromatic heterocycles. The lowest BCUT2D eigenvalue weighted by Gasteiger charge is -2.10. The maximum absolute atomic E-state index is 12.0. The van der Waals surface area contributed by atoms with Gasteiger partial charge in [-0.25, -0.2) is 0 Å². The van der Waals surface area contributed by atoms with Gasteiger partial charge in [0, 0.05) is 23.0 Å². The maximum Gasteiger partial charge on any atom is 0.248 e. The number of hydrogen-bond acceptors (Lipinski definition) is 4. The van der Waals surface area contributed by atoms with Crippen LogP contribution in [0.3, 0.4) is 0 Å². The van der Waals surface area contributed by atoms with Crippen molar-refractivity contribution in [1.29, 1.82) is 0 Å². The molecule has 0 heterocycles. The van der Waals surface area contributed by atoms with Gasteiger partial charge >= 0.3 is 0 Å². The van der Waals surface area contributed by atoms with Crippen molar-refractivity contribution in [3.8, 4) is 5.75 Å². The summed E-state index contributed by atoms with van der Waals surface area (Å²) < 4.78 is 5.41. The van der Waals surface area contributed by atoms with E-state index in [4.69, 9.17) is 10.5 Å². The molecule has 4 N–H and O–H groups in total. The van der Waals surface area contributed by atoms with Crippen LogP contribution in [0.5, 0.6) is 5.75 Å². The third-order valence-electron chi connectivity index (χ3n) is 3.09. The zero-order valence-corrected chi connectivity index (χ0v) is 13.1. The van der Waals surface area contributed by atoms with Gasteiger partial charge in [-0.3, -0.25) is 9.59 Å². The SMILES string of the molecule is C=CCOc1cccc(NC(=O)CNc2cccc(C(N)=O)c2)c1. The molecule has 2 aromatic rings. The van der Waals surface area contributed by atoms with Crippen LogP contribution in [0.4, 0.5) is 11.4 Å². The first-order chi connectivity index (χ1) is 11.6. The highest BCUT2D eigenvalue weighted by atomic mass is 16.5. The highest BCUT2D eigenvalue weighted by Gasteiger charge is 2.05. The van der Waals surface area contributed by atoms with E-state index in [9.17, 15) is 9.59 Å². The van der Waals surface area contributed by atoms with Crippen molar-refractivity contribution in [2.75, 3.05) is 23.8 Å². The van der Waals surface area contributed by atoms with Gasteiger partial charge in [0.05, 0.1) is 6.54 Å². The molecular weight excluding hydrogens is 306 g/mol. The second-order valence-corrected chi connectivity index (χ2v) is 4.97. The summed E-state index contributed by atoms with van der Waals surface area (Å²) in [7, 11) is 0. The Morgan fingerprint density at radius 2 is 1.88 bits per heavy atom. The maximum atomic E-state index is 12.0. The Bertz CT molecular complexity index is 744. The Morgan fingerprint density at radius 3 is 2.62 bits per heavy atom. The topological polar surface area (TPSA) is 93.4 Å². The summed E-state index contributed by atoms with van der Waals surface area (Å²) in [6, 6.07) is 13.7. The normalized spacial score (nSPS) is 9.83. The van der Waals surface area contributed by atoms with Crippen molar-refractivity contribution in [3.05, 3.63) is 66.7 Å². The van der Waals surface area contributed by atoms with E-state index in [-0.39, 0.29) is 12.5 Å². The number of carbonyl (C=O) groups is 2. The van der Waals surface area contributed by atoms with E-state index in [0.29, 0.717) is 29.3 Å². The number of nitrogens with one attached hydrogen (secondary N) is 2. The average Bonchev–Trinajstić information content (AvgIpc) is 2.59. The number of carbonyl (C=O) groups excluding carboxylic acids is 2. The summed E-state index contributed by atoms with van der Waals surface area (Å²) in [6.45, 7) is 4.04. The number of nitrogens with two attached hydrogens (primary N) is 1. The fourth-order valence-electron chi connectivity index (χ4n) is 1.99. The van der Waals surface area contributed by atoms with Gasteiger partial charge in [0.2, 0.25) is 11.8 Å². The second kappa shape index (κ2) is 8.38. The average molecular weight is 325 g/mol. The Hall–Kier alpha value is -3.28. The van der Waals surface area contributed by atoms with E-state index in [2.05, 4.69) is 17.2 Å². The predicted molar refractivity (Wildman–Crippen MR) is 94.2 cm³/mol. The van der Waals surface area contributed by atoms with Gasteiger partial charge in [-0.15, -0.1) is 0 Å². The number of anilines is 2. The highest BCUT2D eigenvalue weighted by molar-refractivity contribution is 5.95. The molecule has 0 aliphatic rings. The predicted octanol–water partition coefficient (Wildman–Crippen LogP) is 2.40. The van der Waals surface area contributed by atoms with Crippen molar-refractivity contribution in [1.82, 2.24) is 0 Å². The van der Waals surface area contributed by atoms with Crippen LogP contribution in [0, 0.1) is 0 Å². The molecule has 0 aliphatic carbocycles. The molecule has 6 heteroatoms. The van der Waals surface area contributed by atoms with Crippen LogP contribution in [0.2, 0.25) is 0 Å². The Balaban J connectivity index is 1.90. The third kappa shape index (κ3) is 5.17. The molecule has 0 atom stereocenters. The molecule has 0 aliphatic heterocycles. The molecule has 0 fully saturated rings. The van der Waals surface area contributed by atoms with Crippen LogP contribution in [-0.4, -0.2) is 25.0 Å². The van der Waals surface area contributed by atoms with E-state index in [0.717, 1.165) is 0 Å². The molecule has 0 radical (unpaired) electrons. The number of primary amides is 1. The van der Waals surface area contributed by atoms with Crippen molar-refractivity contribution in [2.24, 2.45) is 5.73 Å². The zero-order valence-electron chi connectivity index (χ0n) is 13.1. The standard InChI is InChI=1S/C18H19N3O3/c1-2-9-24-16-8-4-7-15(11-16)21-17(22)12-20-14-6-3-5-13(10-14)18(19)23/h2-8,10-11,20H,1,9,12H2,(H2,19,23)(H,21,22). The van der Waals surface area contributed by atoms with Crippen molar-refractivity contribution >= 4 is 23.2 Å². The molecule has 0 saturated carbocycles. The molecule has 0 saturated heterocycles. The fourth-order valence-corrected chi connectivity index (χ4v) is 1.99. The minimum absolute atomic E-state index is 0.0555. The molecule has 0 bridgehead atoms. The van der Waals surface area contributed by atoms with E-state index in [1.165, 1.54) is 0 Å². The highest BCUT2D eigenvalue weighted by Crippen LogP contribution is 2.17. The van der Waals surface area contributed by atoms with Crippen molar-refractivity contribution in [2.45, 2.75) is 0 Å². The molecule has 2 rings (SSSR count). The molecule has 0 unspecified atom stereocenters. The third-order valence-corrected chi connectivity index (χ3v) is 3.09. The van der Waals surface area contributed by atoms with Crippen LogP contribution >= 0.6 is 0 Å². The number of benzene rings is 2. The first-order valence-electron chi connectivity index (χ1n) is 7.36. The first kappa shape index (κ1) is 17.1. The molecule has 24 heavy (non-hydrogen) atoms. The molecule has 6 nitrogen and oxygen atoms in total. The summed E-state index contributed by atoms with van der Waals surface area (Å²) in [5.41, 5.74) is 6.88. The lowest BCUT2D eigenvalue weighted by atomic mass is 10.2. The quantitative estimate of drug-likeness (QED) is 0.650. The first-order valence-corrected chi connectivity index (χ1v) is 7.36. The minimum atomic E-state index is -0.514. The summed E-state index contributed by atoms with van der Waals surface area (Å²) in [5.74, 6) is -0.0883.